The lowest BCUT2D eigenvalue weighted by Gasteiger charge is -2.12. The summed E-state index contributed by atoms with van der Waals surface area (Å²) in [6, 6.07) is 24.7. The quantitative estimate of drug-likeness (QED) is 0.302. The maximum Gasteiger partial charge on any atom is 0.128 e. The largest absolute Gasteiger partial charge is 0.496 e. The van der Waals surface area contributed by atoms with E-state index in [1.165, 1.54) is 0 Å². The highest BCUT2D eigenvalue weighted by Gasteiger charge is 2.13. The van der Waals surface area contributed by atoms with Crippen LogP contribution in [0.4, 0.5) is 0 Å². The first kappa shape index (κ1) is 20.0. The van der Waals surface area contributed by atoms with Gasteiger partial charge in [0.05, 0.1) is 36.6 Å². The SMILES string of the molecule is COc1ccc(C)cc1-c1ccc2ccc3ccc(-c4cc(C)ccc4OC)nc3c2n1. The number of aromatic nitrogens is 2. The highest BCUT2D eigenvalue weighted by Crippen LogP contribution is 2.34. The molecular weight excluding hydrogens is 396 g/mol. The number of aryl methyl sites for hydroxylation is 2. The predicted octanol–water partition coefficient (Wildman–Crippen LogP) is 6.75. The van der Waals surface area contributed by atoms with Gasteiger partial charge in [-0.15, -0.1) is 0 Å². The Balaban J connectivity index is 1.76. The highest BCUT2D eigenvalue weighted by molar-refractivity contribution is 6.04. The summed E-state index contributed by atoms with van der Waals surface area (Å²) in [5.74, 6) is 1.61. The Morgan fingerprint density at radius 3 is 1.34 bits per heavy atom. The van der Waals surface area contributed by atoms with Crippen LogP contribution in [0.15, 0.2) is 72.8 Å². The summed E-state index contributed by atoms with van der Waals surface area (Å²) in [7, 11) is 3.38. The van der Waals surface area contributed by atoms with E-state index in [-0.39, 0.29) is 0 Å². The van der Waals surface area contributed by atoms with Gasteiger partial charge in [0.2, 0.25) is 0 Å². The van der Waals surface area contributed by atoms with Crippen molar-refractivity contribution in [3.63, 3.8) is 0 Å². The number of pyridine rings is 2. The van der Waals surface area contributed by atoms with Gasteiger partial charge >= 0.3 is 0 Å². The molecule has 0 spiro atoms. The van der Waals surface area contributed by atoms with Crippen molar-refractivity contribution in [1.82, 2.24) is 9.97 Å². The molecule has 0 unspecified atom stereocenters. The first-order valence-electron chi connectivity index (χ1n) is 10.6. The molecular formula is C28H24N2O2. The Kier molecular flexibility index (Phi) is 4.98. The first-order chi connectivity index (χ1) is 15.6. The summed E-state index contributed by atoms with van der Waals surface area (Å²) in [6.45, 7) is 4.14. The van der Waals surface area contributed by atoms with Gasteiger partial charge in [0.25, 0.3) is 0 Å². The lowest BCUT2D eigenvalue weighted by molar-refractivity contribution is 0.416. The fourth-order valence-electron chi connectivity index (χ4n) is 4.11. The van der Waals surface area contributed by atoms with Crippen LogP contribution in [0, 0.1) is 13.8 Å². The Labute approximate surface area is 187 Å². The Morgan fingerprint density at radius 1 is 0.531 bits per heavy atom. The molecule has 0 aliphatic carbocycles. The zero-order valence-corrected chi connectivity index (χ0v) is 18.6. The molecule has 0 bridgehead atoms. The highest BCUT2D eigenvalue weighted by atomic mass is 16.5. The average molecular weight is 421 g/mol. The number of hydrogen-bond acceptors (Lipinski definition) is 4. The maximum atomic E-state index is 5.60. The molecule has 0 saturated heterocycles. The van der Waals surface area contributed by atoms with Crippen molar-refractivity contribution in [2.45, 2.75) is 13.8 Å². The molecule has 158 valence electrons. The molecule has 32 heavy (non-hydrogen) atoms. The Bertz CT molecular complexity index is 1360. The van der Waals surface area contributed by atoms with Crippen molar-refractivity contribution >= 4 is 21.8 Å². The van der Waals surface area contributed by atoms with E-state index in [1.54, 1.807) is 14.2 Å². The molecule has 5 aromatic rings. The summed E-state index contributed by atoms with van der Waals surface area (Å²) in [5.41, 5.74) is 7.75. The average Bonchev–Trinajstić information content (AvgIpc) is 2.83. The zero-order chi connectivity index (χ0) is 22.2. The molecule has 0 aliphatic rings. The van der Waals surface area contributed by atoms with Crippen LogP contribution in [0.25, 0.3) is 44.3 Å². The van der Waals surface area contributed by atoms with E-state index in [1.807, 2.05) is 36.4 Å². The lowest BCUT2D eigenvalue weighted by atomic mass is 10.0. The number of fused-ring (bicyclic) bond motifs is 3. The minimum absolute atomic E-state index is 0.806. The number of methoxy groups -OCH3 is 2. The lowest BCUT2D eigenvalue weighted by Crippen LogP contribution is -1.94. The number of rotatable bonds is 4. The maximum absolute atomic E-state index is 5.60. The Hall–Kier alpha value is -3.92. The van der Waals surface area contributed by atoms with E-state index in [9.17, 15) is 0 Å². The van der Waals surface area contributed by atoms with Crippen molar-refractivity contribution in [2.24, 2.45) is 0 Å². The summed E-state index contributed by atoms with van der Waals surface area (Å²) in [4.78, 5) is 10.1. The van der Waals surface area contributed by atoms with Crippen molar-refractivity contribution in [2.75, 3.05) is 14.2 Å². The van der Waals surface area contributed by atoms with Gasteiger partial charge in [-0.3, -0.25) is 0 Å². The molecule has 0 N–H and O–H groups in total. The third kappa shape index (κ3) is 3.44. The van der Waals surface area contributed by atoms with Crippen LogP contribution in [-0.2, 0) is 0 Å². The third-order valence-electron chi connectivity index (χ3n) is 5.78. The number of nitrogens with zero attached hydrogens (tertiary/aromatic N) is 2. The molecule has 4 heteroatoms. The van der Waals surface area contributed by atoms with Gasteiger partial charge in [-0.05, 0) is 50.2 Å². The molecule has 0 atom stereocenters. The van der Waals surface area contributed by atoms with E-state index in [0.29, 0.717) is 0 Å². The van der Waals surface area contributed by atoms with E-state index in [0.717, 1.165) is 66.9 Å². The summed E-state index contributed by atoms with van der Waals surface area (Å²) in [6.07, 6.45) is 0. The van der Waals surface area contributed by atoms with Crippen LogP contribution in [0.3, 0.4) is 0 Å². The zero-order valence-electron chi connectivity index (χ0n) is 18.6. The van der Waals surface area contributed by atoms with Gasteiger partial charge in [0.1, 0.15) is 11.5 Å². The van der Waals surface area contributed by atoms with E-state index in [2.05, 4.69) is 50.2 Å². The number of benzene rings is 3. The second-order valence-electron chi connectivity index (χ2n) is 8.01. The first-order valence-corrected chi connectivity index (χ1v) is 10.6. The van der Waals surface area contributed by atoms with Gasteiger partial charge in [-0.2, -0.15) is 0 Å². The van der Waals surface area contributed by atoms with Crippen LogP contribution >= 0.6 is 0 Å². The summed E-state index contributed by atoms with van der Waals surface area (Å²) >= 11 is 0. The molecule has 3 aromatic carbocycles. The normalized spacial score (nSPS) is 11.1. The van der Waals surface area contributed by atoms with Crippen LogP contribution in [0.5, 0.6) is 11.5 Å². The molecule has 0 aliphatic heterocycles. The van der Waals surface area contributed by atoms with Gasteiger partial charge in [0.15, 0.2) is 0 Å². The fraction of sp³-hybridized carbons (Fsp3) is 0.143. The monoisotopic (exact) mass is 420 g/mol. The molecule has 4 nitrogen and oxygen atoms in total. The van der Waals surface area contributed by atoms with Gasteiger partial charge in [-0.25, -0.2) is 9.97 Å². The molecule has 2 heterocycles. The van der Waals surface area contributed by atoms with Crippen molar-refractivity contribution < 1.29 is 9.47 Å². The van der Waals surface area contributed by atoms with Gasteiger partial charge < -0.3 is 9.47 Å². The molecule has 0 fully saturated rings. The van der Waals surface area contributed by atoms with E-state index in [4.69, 9.17) is 19.4 Å². The number of ether oxygens (including phenoxy) is 2. The molecule has 0 radical (unpaired) electrons. The molecule has 5 rings (SSSR count). The van der Waals surface area contributed by atoms with E-state index >= 15 is 0 Å². The van der Waals surface area contributed by atoms with Gasteiger partial charge in [-0.1, -0.05) is 47.5 Å². The van der Waals surface area contributed by atoms with Crippen LogP contribution < -0.4 is 9.47 Å². The summed E-state index contributed by atoms with van der Waals surface area (Å²) < 4.78 is 11.2. The predicted molar refractivity (Wildman–Crippen MR) is 130 cm³/mol. The smallest absolute Gasteiger partial charge is 0.128 e. The van der Waals surface area contributed by atoms with Crippen molar-refractivity contribution in [3.05, 3.63) is 83.9 Å². The van der Waals surface area contributed by atoms with Crippen LogP contribution in [0.2, 0.25) is 0 Å². The van der Waals surface area contributed by atoms with Crippen molar-refractivity contribution in [1.29, 1.82) is 0 Å². The summed E-state index contributed by atoms with van der Waals surface area (Å²) in [5, 5.41) is 2.10. The second-order valence-corrected chi connectivity index (χ2v) is 8.01. The second kappa shape index (κ2) is 7.97. The third-order valence-corrected chi connectivity index (χ3v) is 5.78. The minimum atomic E-state index is 0.806. The minimum Gasteiger partial charge on any atom is -0.496 e. The Morgan fingerprint density at radius 2 is 0.938 bits per heavy atom. The van der Waals surface area contributed by atoms with E-state index < -0.39 is 0 Å². The standard InChI is InChI=1S/C28H24N2O2/c1-17-5-13-25(31-3)21(15-17)23-11-9-19-7-8-20-10-12-24(30-28(20)27(19)29-23)22-16-18(2)6-14-26(22)32-4/h5-16H,1-4H3. The topological polar surface area (TPSA) is 44.2 Å². The van der Waals surface area contributed by atoms with Crippen molar-refractivity contribution in [3.8, 4) is 34.0 Å². The molecule has 2 aromatic heterocycles. The van der Waals surface area contributed by atoms with Crippen LogP contribution in [0.1, 0.15) is 11.1 Å². The molecule has 0 saturated carbocycles. The number of hydrogen-bond donors (Lipinski definition) is 0. The van der Waals surface area contributed by atoms with Crippen LogP contribution in [-0.4, -0.2) is 24.2 Å². The fourth-order valence-corrected chi connectivity index (χ4v) is 4.11. The van der Waals surface area contributed by atoms with Gasteiger partial charge in [0, 0.05) is 21.9 Å². The molecule has 0 amide bonds.